The first-order chi connectivity index (χ1) is 10.1. The highest BCUT2D eigenvalue weighted by Crippen LogP contribution is 2.16. The quantitative estimate of drug-likeness (QED) is 0.486. The molecule has 2 aromatic carbocycles. The van der Waals surface area contributed by atoms with Crippen molar-refractivity contribution in [3.8, 4) is 5.75 Å². The van der Waals surface area contributed by atoms with Gasteiger partial charge in [-0.1, -0.05) is 40.2 Å². The maximum atomic E-state index is 5.75. The molecule has 2 rings (SSSR count). The molecule has 2 aromatic rings. The summed E-state index contributed by atoms with van der Waals surface area (Å²) in [6.07, 6.45) is 1.63. The molecule has 0 aliphatic rings. The highest BCUT2D eigenvalue weighted by molar-refractivity contribution is 9.10. The van der Waals surface area contributed by atoms with E-state index in [1.165, 1.54) is 0 Å². The van der Waals surface area contributed by atoms with Crippen molar-refractivity contribution in [2.24, 2.45) is 10.8 Å². The summed E-state index contributed by atoms with van der Waals surface area (Å²) in [6, 6.07) is 15.6. The van der Waals surface area contributed by atoms with E-state index in [0.29, 0.717) is 6.61 Å². The van der Waals surface area contributed by atoms with Crippen LogP contribution in [0.4, 0.5) is 0 Å². The summed E-state index contributed by atoms with van der Waals surface area (Å²) in [5.74, 6) is 0.775. The van der Waals surface area contributed by atoms with Crippen LogP contribution in [0, 0.1) is 0 Å². The van der Waals surface area contributed by atoms with E-state index in [-0.39, 0.29) is 5.11 Å². The van der Waals surface area contributed by atoms with Gasteiger partial charge in [-0.05, 0) is 47.6 Å². The SMILES string of the molecule is NC(=S)N/N=C\c1cccc(OCc2ccc(Br)cc2)c1. The Kier molecular flexibility index (Phi) is 5.71. The summed E-state index contributed by atoms with van der Waals surface area (Å²) >= 11 is 8.07. The van der Waals surface area contributed by atoms with Crippen molar-refractivity contribution in [2.75, 3.05) is 0 Å². The van der Waals surface area contributed by atoms with Crippen LogP contribution in [0.5, 0.6) is 5.75 Å². The highest BCUT2D eigenvalue weighted by atomic mass is 79.9. The number of halogens is 1. The zero-order chi connectivity index (χ0) is 15.1. The van der Waals surface area contributed by atoms with Gasteiger partial charge in [-0.3, -0.25) is 5.43 Å². The van der Waals surface area contributed by atoms with E-state index in [0.717, 1.165) is 21.3 Å². The first-order valence-electron chi connectivity index (χ1n) is 6.19. The fourth-order valence-corrected chi connectivity index (χ4v) is 1.92. The highest BCUT2D eigenvalue weighted by Gasteiger charge is 1.97. The molecular formula is C15H14BrN3OS. The Morgan fingerprint density at radius 1 is 1.29 bits per heavy atom. The summed E-state index contributed by atoms with van der Waals surface area (Å²) in [6.45, 7) is 0.513. The average Bonchev–Trinajstić information content (AvgIpc) is 2.47. The lowest BCUT2D eigenvalue weighted by atomic mass is 10.2. The van der Waals surface area contributed by atoms with Gasteiger partial charge in [0.25, 0.3) is 0 Å². The summed E-state index contributed by atoms with van der Waals surface area (Å²) in [7, 11) is 0. The molecule has 0 bridgehead atoms. The van der Waals surface area contributed by atoms with Gasteiger partial charge < -0.3 is 10.5 Å². The van der Waals surface area contributed by atoms with Crippen molar-refractivity contribution < 1.29 is 4.74 Å². The van der Waals surface area contributed by atoms with Crippen molar-refractivity contribution in [3.63, 3.8) is 0 Å². The largest absolute Gasteiger partial charge is 0.489 e. The number of ether oxygens (including phenoxy) is 1. The predicted molar refractivity (Wildman–Crippen MR) is 92.4 cm³/mol. The van der Waals surface area contributed by atoms with Gasteiger partial charge >= 0.3 is 0 Å². The van der Waals surface area contributed by atoms with Crippen LogP contribution in [0.3, 0.4) is 0 Å². The molecule has 21 heavy (non-hydrogen) atoms. The minimum Gasteiger partial charge on any atom is -0.489 e. The zero-order valence-electron chi connectivity index (χ0n) is 11.1. The number of hydrazone groups is 1. The van der Waals surface area contributed by atoms with Gasteiger partial charge in [0.1, 0.15) is 12.4 Å². The van der Waals surface area contributed by atoms with Crippen LogP contribution < -0.4 is 15.9 Å². The molecule has 0 saturated carbocycles. The van der Waals surface area contributed by atoms with Gasteiger partial charge in [0.15, 0.2) is 5.11 Å². The summed E-state index contributed by atoms with van der Waals surface area (Å²) < 4.78 is 6.80. The normalized spacial score (nSPS) is 10.5. The smallest absolute Gasteiger partial charge is 0.184 e. The van der Waals surface area contributed by atoms with Crippen LogP contribution in [0.25, 0.3) is 0 Å². The second-order valence-electron chi connectivity index (χ2n) is 4.22. The van der Waals surface area contributed by atoms with Crippen LogP contribution in [-0.2, 0) is 6.61 Å². The van der Waals surface area contributed by atoms with E-state index in [1.54, 1.807) is 6.21 Å². The minimum absolute atomic E-state index is 0.133. The van der Waals surface area contributed by atoms with Gasteiger partial charge in [0.05, 0.1) is 6.21 Å². The lowest BCUT2D eigenvalue weighted by Gasteiger charge is -2.07. The molecule has 4 nitrogen and oxygen atoms in total. The molecule has 0 unspecified atom stereocenters. The van der Waals surface area contributed by atoms with Gasteiger partial charge in [-0.2, -0.15) is 5.10 Å². The average molecular weight is 364 g/mol. The number of nitrogens with zero attached hydrogens (tertiary/aromatic N) is 1. The Bertz CT molecular complexity index is 644. The standard InChI is InChI=1S/C15H14BrN3OS/c16-13-6-4-11(5-7-13)10-20-14-3-1-2-12(8-14)9-18-19-15(17)21/h1-9H,10H2,(H3,17,19,21)/b18-9-. The topological polar surface area (TPSA) is 59.6 Å². The number of benzene rings is 2. The monoisotopic (exact) mass is 363 g/mol. The molecule has 0 amide bonds. The van der Waals surface area contributed by atoms with Crippen LogP contribution >= 0.6 is 28.1 Å². The Morgan fingerprint density at radius 3 is 2.76 bits per heavy atom. The van der Waals surface area contributed by atoms with E-state index in [9.17, 15) is 0 Å². The Balaban J connectivity index is 1.96. The number of hydrogen-bond donors (Lipinski definition) is 2. The molecule has 0 saturated heterocycles. The fraction of sp³-hybridized carbons (Fsp3) is 0.0667. The van der Waals surface area contributed by atoms with E-state index in [2.05, 4.69) is 38.7 Å². The molecule has 0 spiro atoms. The number of thiocarbonyl (C=S) groups is 1. The third-order valence-corrected chi connectivity index (χ3v) is 3.19. The summed E-state index contributed by atoms with van der Waals surface area (Å²) in [5, 5.41) is 4.04. The molecule has 108 valence electrons. The first kappa shape index (κ1) is 15.5. The van der Waals surface area contributed by atoms with Crippen LogP contribution in [0.15, 0.2) is 58.1 Å². The van der Waals surface area contributed by atoms with Crippen molar-refractivity contribution in [2.45, 2.75) is 6.61 Å². The molecule has 0 aromatic heterocycles. The third-order valence-electron chi connectivity index (χ3n) is 2.57. The second kappa shape index (κ2) is 7.75. The van der Waals surface area contributed by atoms with Gasteiger partial charge in [0.2, 0.25) is 0 Å². The summed E-state index contributed by atoms with van der Waals surface area (Å²) in [4.78, 5) is 0. The lowest BCUT2D eigenvalue weighted by molar-refractivity contribution is 0.306. The van der Waals surface area contributed by atoms with Gasteiger partial charge in [-0.15, -0.1) is 0 Å². The maximum Gasteiger partial charge on any atom is 0.184 e. The fourth-order valence-electron chi connectivity index (χ4n) is 1.60. The van der Waals surface area contributed by atoms with Crippen molar-refractivity contribution >= 4 is 39.5 Å². The van der Waals surface area contributed by atoms with Crippen LogP contribution in [0.1, 0.15) is 11.1 Å². The Labute approximate surface area is 137 Å². The Hall–Kier alpha value is -1.92. The Morgan fingerprint density at radius 2 is 2.05 bits per heavy atom. The van der Waals surface area contributed by atoms with Crippen molar-refractivity contribution in [3.05, 3.63) is 64.1 Å². The molecule has 0 aliphatic heterocycles. The molecule has 0 atom stereocenters. The third kappa shape index (κ3) is 5.53. The summed E-state index contributed by atoms with van der Waals surface area (Å²) in [5.41, 5.74) is 9.80. The number of nitrogens with two attached hydrogens (primary N) is 1. The second-order valence-corrected chi connectivity index (χ2v) is 5.58. The minimum atomic E-state index is 0.133. The van der Waals surface area contributed by atoms with Crippen molar-refractivity contribution in [1.82, 2.24) is 5.43 Å². The van der Waals surface area contributed by atoms with E-state index in [4.69, 9.17) is 10.5 Å². The maximum absolute atomic E-state index is 5.75. The molecule has 0 aliphatic carbocycles. The van der Waals surface area contributed by atoms with E-state index >= 15 is 0 Å². The van der Waals surface area contributed by atoms with Gasteiger partial charge in [0, 0.05) is 4.47 Å². The molecule has 0 radical (unpaired) electrons. The number of nitrogens with one attached hydrogen (secondary N) is 1. The van der Waals surface area contributed by atoms with Crippen molar-refractivity contribution in [1.29, 1.82) is 0 Å². The van der Waals surface area contributed by atoms with E-state index in [1.807, 2.05) is 48.5 Å². The van der Waals surface area contributed by atoms with Crippen LogP contribution in [0.2, 0.25) is 0 Å². The first-order valence-corrected chi connectivity index (χ1v) is 7.39. The number of hydrogen-bond acceptors (Lipinski definition) is 3. The molecule has 0 fully saturated rings. The van der Waals surface area contributed by atoms with Crippen LogP contribution in [-0.4, -0.2) is 11.3 Å². The molecule has 6 heteroatoms. The molecule has 0 heterocycles. The zero-order valence-corrected chi connectivity index (χ0v) is 13.5. The molecule has 3 N–H and O–H groups in total. The van der Waals surface area contributed by atoms with Gasteiger partial charge in [-0.25, -0.2) is 0 Å². The number of rotatable bonds is 5. The molecular weight excluding hydrogens is 350 g/mol. The lowest BCUT2D eigenvalue weighted by Crippen LogP contribution is -2.23. The van der Waals surface area contributed by atoms with E-state index < -0.39 is 0 Å². The predicted octanol–water partition coefficient (Wildman–Crippen LogP) is 3.20.